The van der Waals surface area contributed by atoms with E-state index >= 15 is 0 Å². The predicted octanol–water partition coefficient (Wildman–Crippen LogP) is -0.0970. The van der Waals surface area contributed by atoms with Gasteiger partial charge in [-0.1, -0.05) is 16.9 Å². The molecule has 4 rings (SSSR count). The first-order valence-electron chi connectivity index (χ1n) is 12.7. The molecule has 1 unspecified atom stereocenters. The number of carbonyl (C=O) groups is 4. The molecule has 0 aliphatic carbocycles. The SMILES string of the molecule is CON=C(C(=O)NC1C(=O)N2C(C(=O)O)=C(CSc3nnnn3CCCNC(=O)OC(C)(C)C)CS[C@H]12)c1nsc(N)n1. The number of rotatable bonds is 12. The van der Waals surface area contributed by atoms with Gasteiger partial charge in [0.1, 0.15) is 29.8 Å². The molecule has 4 heterocycles. The van der Waals surface area contributed by atoms with Gasteiger partial charge in [0.2, 0.25) is 16.7 Å². The Morgan fingerprint density at radius 2 is 2.07 bits per heavy atom. The zero-order valence-corrected chi connectivity index (χ0v) is 25.9. The Hall–Kier alpha value is -3.98. The highest BCUT2D eigenvalue weighted by molar-refractivity contribution is 8.01. The zero-order valence-electron chi connectivity index (χ0n) is 23.5. The molecule has 3 amide bonds. The topological polar surface area (TPSA) is 242 Å². The largest absolute Gasteiger partial charge is 0.477 e. The van der Waals surface area contributed by atoms with Crippen LogP contribution < -0.4 is 16.4 Å². The lowest BCUT2D eigenvalue weighted by Crippen LogP contribution is -2.71. The van der Waals surface area contributed by atoms with Crippen molar-refractivity contribution in [2.45, 2.75) is 55.9 Å². The van der Waals surface area contributed by atoms with Crippen LogP contribution in [0.15, 0.2) is 21.6 Å². The van der Waals surface area contributed by atoms with Crippen LogP contribution in [0, 0.1) is 0 Å². The van der Waals surface area contributed by atoms with Crippen LogP contribution in [0.2, 0.25) is 0 Å². The molecule has 0 bridgehead atoms. The fourth-order valence-corrected chi connectivity index (χ4v) is 6.76. The summed E-state index contributed by atoms with van der Waals surface area (Å²) < 4.78 is 10.7. The monoisotopic (exact) mass is 655 g/mol. The Morgan fingerprint density at radius 3 is 2.72 bits per heavy atom. The molecular formula is C22H29N11O7S3. The number of tetrazole rings is 1. The van der Waals surface area contributed by atoms with E-state index in [1.807, 2.05) is 0 Å². The van der Waals surface area contributed by atoms with Crippen LogP contribution in [-0.2, 0) is 30.5 Å². The number of thioether (sulfide) groups is 2. The second-order valence-electron chi connectivity index (χ2n) is 9.95. The molecule has 1 fully saturated rings. The number of aryl methyl sites for hydroxylation is 1. The number of alkyl carbamates (subject to hydrolysis) is 1. The predicted molar refractivity (Wildman–Crippen MR) is 155 cm³/mol. The minimum absolute atomic E-state index is 0.0612. The molecule has 2 aromatic rings. The highest BCUT2D eigenvalue weighted by Gasteiger charge is 2.54. The van der Waals surface area contributed by atoms with Crippen molar-refractivity contribution < 1.29 is 33.9 Å². The van der Waals surface area contributed by atoms with Crippen LogP contribution in [0.25, 0.3) is 0 Å². The molecule has 1 saturated heterocycles. The Bertz CT molecular complexity index is 1450. The number of fused-ring (bicyclic) bond motifs is 1. The minimum Gasteiger partial charge on any atom is -0.477 e. The molecule has 0 spiro atoms. The Labute approximate surface area is 257 Å². The summed E-state index contributed by atoms with van der Waals surface area (Å²) in [4.78, 5) is 59.8. The van der Waals surface area contributed by atoms with E-state index in [-0.39, 0.29) is 28.1 Å². The number of anilines is 1. The van der Waals surface area contributed by atoms with Crippen LogP contribution in [0.5, 0.6) is 0 Å². The Balaban J connectivity index is 1.36. The van der Waals surface area contributed by atoms with Crippen molar-refractivity contribution in [3.63, 3.8) is 0 Å². The van der Waals surface area contributed by atoms with Gasteiger partial charge in [-0.15, -0.1) is 16.9 Å². The molecule has 43 heavy (non-hydrogen) atoms. The number of β-lactam (4-membered cyclic amide) rings is 1. The van der Waals surface area contributed by atoms with Crippen molar-refractivity contribution in [1.29, 1.82) is 0 Å². The number of nitrogens with two attached hydrogens (primary N) is 1. The van der Waals surface area contributed by atoms with Crippen LogP contribution in [0.4, 0.5) is 9.93 Å². The Morgan fingerprint density at radius 1 is 1.30 bits per heavy atom. The number of ether oxygens (including phenoxy) is 1. The first-order valence-corrected chi connectivity index (χ1v) is 15.5. The maximum Gasteiger partial charge on any atom is 0.407 e. The average molecular weight is 656 g/mol. The number of carboxylic acid groups (broad SMARTS) is 1. The van der Waals surface area contributed by atoms with E-state index in [0.717, 1.165) is 16.4 Å². The molecule has 18 nitrogen and oxygen atoms in total. The van der Waals surface area contributed by atoms with Crippen molar-refractivity contribution in [1.82, 2.24) is 45.1 Å². The fraction of sp³-hybridized carbons (Fsp3) is 0.545. The number of nitrogen functional groups attached to an aromatic ring is 1. The first kappa shape index (κ1) is 31.9. The smallest absolute Gasteiger partial charge is 0.407 e. The molecule has 5 N–H and O–H groups in total. The van der Waals surface area contributed by atoms with Gasteiger partial charge in [0.15, 0.2) is 5.13 Å². The number of aromatic nitrogens is 6. The second kappa shape index (κ2) is 13.5. The second-order valence-corrected chi connectivity index (χ2v) is 12.8. The van der Waals surface area contributed by atoms with Crippen LogP contribution in [-0.4, -0.2) is 111 Å². The lowest BCUT2D eigenvalue weighted by molar-refractivity contribution is -0.150. The van der Waals surface area contributed by atoms with E-state index in [2.05, 4.69) is 40.7 Å². The summed E-state index contributed by atoms with van der Waals surface area (Å²) in [6.07, 6.45) is 0.00363. The molecule has 0 aromatic carbocycles. The fourth-order valence-electron chi connectivity index (χ4n) is 3.94. The molecule has 21 heteroatoms. The maximum atomic E-state index is 13.1. The third-order valence-electron chi connectivity index (χ3n) is 5.68. The lowest BCUT2D eigenvalue weighted by atomic mass is 10.0. The van der Waals surface area contributed by atoms with Crippen molar-refractivity contribution >= 4 is 69.8 Å². The summed E-state index contributed by atoms with van der Waals surface area (Å²) in [7, 11) is 1.24. The number of carbonyl (C=O) groups excluding carboxylic acids is 3. The van der Waals surface area contributed by atoms with Gasteiger partial charge in [0.05, 0.1) is 0 Å². The van der Waals surface area contributed by atoms with E-state index < -0.39 is 40.9 Å². The highest BCUT2D eigenvalue weighted by Crippen LogP contribution is 2.41. The van der Waals surface area contributed by atoms with Gasteiger partial charge in [-0.25, -0.2) is 14.3 Å². The van der Waals surface area contributed by atoms with E-state index in [9.17, 15) is 24.3 Å². The van der Waals surface area contributed by atoms with E-state index in [0.29, 0.717) is 36.0 Å². The van der Waals surface area contributed by atoms with Gasteiger partial charge < -0.3 is 31.0 Å². The average Bonchev–Trinajstić information content (AvgIpc) is 3.58. The summed E-state index contributed by atoms with van der Waals surface area (Å²) in [5.41, 5.74) is 5.08. The number of hydrogen-bond acceptors (Lipinski definition) is 16. The minimum atomic E-state index is -1.27. The van der Waals surface area contributed by atoms with Gasteiger partial charge in [0, 0.05) is 36.1 Å². The van der Waals surface area contributed by atoms with Gasteiger partial charge in [-0.05, 0) is 43.2 Å². The number of amides is 3. The van der Waals surface area contributed by atoms with E-state index in [4.69, 9.17) is 15.3 Å². The van der Waals surface area contributed by atoms with E-state index in [1.54, 1.807) is 25.5 Å². The molecule has 2 aliphatic rings. The van der Waals surface area contributed by atoms with Gasteiger partial charge >= 0.3 is 12.1 Å². The summed E-state index contributed by atoms with van der Waals surface area (Å²) in [5, 5.41) is 30.5. The maximum absolute atomic E-state index is 13.1. The van der Waals surface area contributed by atoms with Crippen molar-refractivity contribution in [3.8, 4) is 0 Å². The van der Waals surface area contributed by atoms with Crippen LogP contribution >= 0.6 is 35.1 Å². The first-order chi connectivity index (χ1) is 20.4. The quantitative estimate of drug-likeness (QED) is 0.0767. The molecule has 2 aliphatic heterocycles. The number of nitrogens with zero attached hydrogens (tertiary/aromatic N) is 8. The molecule has 0 saturated carbocycles. The summed E-state index contributed by atoms with van der Waals surface area (Å²) in [5.74, 6) is -2.19. The van der Waals surface area contributed by atoms with Crippen molar-refractivity contribution in [2.75, 3.05) is 30.9 Å². The number of carboxylic acids is 1. The van der Waals surface area contributed by atoms with Gasteiger partial charge in [-0.3, -0.25) is 14.5 Å². The van der Waals surface area contributed by atoms with Crippen molar-refractivity contribution in [2.24, 2.45) is 5.16 Å². The third kappa shape index (κ3) is 7.70. The van der Waals surface area contributed by atoms with Crippen LogP contribution in [0.1, 0.15) is 33.0 Å². The number of oxime groups is 1. The number of aliphatic carboxylic acids is 1. The van der Waals surface area contributed by atoms with E-state index in [1.165, 1.54) is 30.6 Å². The molecular weight excluding hydrogens is 627 g/mol. The normalized spacial score (nSPS) is 18.6. The van der Waals surface area contributed by atoms with Crippen molar-refractivity contribution in [3.05, 3.63) is 17.1 Å². The zero-order chi connectivity index (χ0) is 31.3. The number of nitrogens with one attached hydrogen (secondary N) is 2. The molecule has 0 radical (unpaired) electrons. The van der Waals surface area contributed by atoms with Gasteiger partial charge in [0.25, 0.3) is 11.8 Å². The lowest BCUT2D eigenvalue weighted by Gasteiger charge is -2.49. The molecule has 2 aromatic heterocycles. The third-order valence-corrected chi connectivity index (χ3v) is 8.60. The molecule has 2 atom stereocenters. The molecule has 232 valence electrons. The van der Waals surface area contributed by atoms with Gasteiger partial charge in [-0.2, -0.15) is 9.36 Å². The summed E-state index contributed by atoms with van der Waals surface area (Å²) in [6.45, 7) is 6.06. The summed E-state index contributed by atoms with van der Waals surface area (Å²) in [6, 6.07) is -0.999. The number of hydrogen-bond donors (Lipinski definition) is 4. The standard InChI is InChI=1S/C22H29N11O7S3/c1-22(2,3)40-21(38)24-6-5-7-32-20(27-30-31-32)42-9-10-8-41-17-12(16(35)33(17)13(10)18(36)37)25-15(34)11(28-39-4)14-26-19(23)43-29-14/h12,17H,5-9H2,1-4H3,(H,24,38)(H,25,34)(H,36,37)(H2,23,26,29)/t12?,17-/m1/s1. The highest BCUT2D eigenvalue weighted by atomic mass is 32.2. The van der Waals surface area contributed by atoms with Crippen LogP contribution in [0.3, 0.4) is 0 Å². The Kier molecular flexibility index (Phi) is 10.1. The summed E-state index contributed by atoms with van der Waals surface area (Å²) >= 11 is 3.40.